The molecule has 0 saturated heterocycles. The highest BCUT2D eigenvalue weighted by atomic mass is 16.4. The summed E-state index contributed by atoms with van der Waals surface area (Å²) >= 11 is 0. The molecule has 0 aliphatic carbocycles. The molecule has 0 radical (unpaired) electrons. The predicted molar refractivity (Wildman–Crippen MR) is 94.9 cm³/mol. The van der Waals surface area contributed by atoms with Crippen LogP contribution in [0.2, 0.25) is 0 Å². The number of carbonyl (C=O) groups excluding carboxylic acids is 2. The molecule has 2 amide bonds. The first-order valence-electron chi connectivity index (χ1n) is 7.96. The molecule has 0 fully saturated rings. The van der Waals surface area contributed by atoms with Crippen molar-refractivity contribution in [3.8, 4) is 0 Å². The number of nitrogens with zero attached hydrogens (tertiary/aromatic N) is 1. The third-order valence-electron chi connectivity index (χ3n) is 3.45. The first-order valence-corrected chi connectivity index (χ1v) is 7.96. The van der Waals surface area contributed by atoms with Gasteiger partial charge in [-0.25, -0.2) is 5.43 Å². The lowest BCUT2D eigenvalue weighted by Gasteiger charge is -2.06. The Bertz CT molecular complexity index is 795. The first-order chi connectivity index (χ1) is 12.5. The number of aliphatic carboxylic acids is 1. The molecule has 2 aromatic rings. The lowest BCUT2D eigenvalue weighted by Crippen LogP contribution is -2.18. The molecule has 2 rings (SSSR count). The minimum Gasteiger partial charge on any atom is -0.481 e. The molecule has 0 atom stereocenters. The van der Waals surface area contributed by atoms with Gasteiger partial charge in [-0.15, -0.1) is 0 Å². The number of hydrogen-bond donors (Lipinski definition) is 3. The molecule has 8 nitrogen and oxygen atoms in total. The van der Waals surface area contributed by atoms with E-state index in [1.165, 1.54) is 12.3 Å². The third-order valence-corrected chi connectivity index (χ3v) is 3.45. The number of benzene rings is 1. The van der Waals surface area contributed by atoms with Gasteiger partial charge >= 0.3 is 11.9 Å². The SMILES string of the molecule is C/C(=N\NC(=O)c1ccco1)c1ccc(NC(=O)CCCC(=O)O)cc1. The Labute approximate surface area is 149 Å². The second-order valence-electron chi connectivity index (χ2n) is 5.49. The summed E-state index contributed by atoms with van der Waals surface area (Å²) in [5.74, 6) is -1.44. The molecule has 0 saturated carbocycles. The molecule has 0 bridgehead atoms. The fourth-order valence-electron chi connectivity index (χ4n) is 2.08. The van der Waals surface area contributed by atoms with Gasteiger partial charge in [0.2, 0.25) is 5.91 Å². The molecule has 0 spiro atoms. The summed E-state index contributed by atoms with van der Waals surface area (Å²) in [6.07, 6.45) is 1.81. The molecule has 26 heavy (non-hydrogen) atoms. The minimum absolute atomic E-state index is 0.0360. The van der Waals surface area contributed by atoms with Crippen molar-refractivity contribution in [2.45, 2.75) is 26.2 Å². The lowest BCUT2D eigenvalue weighted by molar-refractivity contribution is -0.137. The molecule has 136 valence electrons. The summed E-state index contributed by atoms with van der Waals surface area (Å²) in [6, 6.07) is 10.1. The largest absolute Gasteiger partial charge is 0.481 e. The molecule has 0 aliphatic heterocycles. The maximum atomic E-state index is 11.7. The Morgan fingerprint density at radius 2 is 1.85 bits per heavy atom. The van der Waals surface area contributed by atoms with Gasteiger partial charge in [0.1, 0.15) is 0 Å². The zero-order valence-electron chi connectivity index (χ0n) is 14.2. The fraction of sp³-hybridized carbons (Fsp3) is 0.222. The highest BCUT2D eigenvalue weighted by Crippen LogP contribution is 2.11. The number of carbonyl (C=O) groups is 3. The predicted octanol–water partition coefficient (Wildman–Crippen LogP) is 2.63. The van der Waals surface area contributed by atoms with E-state index in [9.17, 15) is 14.4 Å². The van der Waals surface area contributed by atoms with Crippen LogP contribution >= 0.6 is 0 Å². The Hall–Kier alpha value is -3.42. The molecular weight excluding hydrogens is 338 g/mol. The van der Waals surface area contributed by atoms with Crippen LogP contribution in [-0.2, 0) is 9.59 Å². The normalized spacial score (nSPS) is 11.0. The van der Waals surface area contributed by atoms with Gasteiger partial charge in [-0.1, -0.05) is 12.1 Å². The summed E-state index contributed by atoms with van der Waals surface area (Å²) in [5, 5.41) is 15.3. The van der Waals surface area contributed by atoms with Gasteiger partial charge in [-0.05, 0) is 43.2 Å². The van der Waals surface area contributed by atoms with E-state index in [2.05, 4.69) is 15.8 Å². The second kappa shape index (κ2) is 9.16. The molecule has 0 unspecified atom stereocenters. The Kier molecular flexibility index (Phi) is 6.67. The summed E-state index contributed by atoms with van der Waals surface area (Å²) < 4.78 is 4.97. The number of amides is 2. The number of nitrogens with one attached hydrogen (secondary N) is 2. The van der Waals surface area contributed by atoms with Gasteiger partial charge in [0.05, 0.1) is 12.0 Å². The number of rotatable bonds is 8. The third kappa shape index (κ3) is 5.90. The Morgan fingerprint density at radius 3 is 2.46 bits per heavy atom. The van der Waals surface area contributed by atoms with Crippen LogP contribution in [0.5, 0.6) is 0 Å². The standard InChI is InChI=1S/C18H19N3O5/c1-12(20-21-18(25)15-4-3-11-26-15)13-7-9-14(10-8-13)19-16(22)5-2-6-17(23)24/h3-4,7-11H,2,5-6H2,1H3,(H,19,22)(H,21,25)(H,23,24)/b20-12+. The Balaban J connectivity index is 1.87. The molecule has 1 aromatic heterocycles. The summed E-state index contributed by atoms with van der Waals surface area (Å²) in [7, 11) is 0. The highest BCUT2D eigenvalue weighted by molar-refractivity contribution is 6.01. The van der Waals surface area contributed by atoms with Crippen molar-refractivity contribution >= 4 is 29.2 Å². The van der Waals surface area contributed by atoms with Crippen LogP contribution in [0.3, 0.4) is 0 Å². The van der Waals surface area contributed by atoms with Crippen molar-refractivity contribution in [2.24, 2.45) is 5.10 Å². The smallest absolute Gasteiger partial charge is 0.307 e. The molecule has 8 heteroatoms. The maximum Gasteiger partial charge on any atom is 0.307 e. The van der Waals surface area contributed by atoms with E-state index in [4.69, 9.17) is 9.52 Å². The number of hydrazone groups is 1. The van der Waals surface area contributed by atoms with Crippen molar-refractivity contribution < 1.29 is 23.9 Å². The van der Waals surface area contributed by atoms with Crippen molar-refractivity contribution in [3.63, 3.8) is 0 Å². The minimum atomic E-state index is -0.920. The fourth-order valence-corrected chi connectivity index (χ4v) is 2.08. The average Bonchev–Trinajstić information content (AvgIpc) is 3.14. The monoisotopic (exact) mass is 357 g/mol. The van der Waals surface area contributed by atoms with Crippen LogP contribution in [0, 0.1) is 0 Å². The zero-order chi connectivity index (χ0) is 18.9. The molecule has 0 aliphatic rings. The average molecular weight is 357 g/mol. The molecule has 1 heterocycles. The van der Waals surface area contributed by atoms with Crippen LogP contribution in [0.4, 0.5) is 5.69 Å². The van der Waals surface area contributed by atoms with E-state index in [-0.39, 0.29) is 24.5 Å². The lowest BCUT2D eigenvalue weighted by atomic mass is 10.1. The van der Waals surface area contributed by atoms with Crippen LogP contribution in [0.15, 0.2) is 52.2 Å². The molecule has 3 N–H and O–H groups in total. The number of furan rings is 1. The topological polar surface area (TPSA) is 121 Å². The van der Waals surface area contributed by atoms with Crippen LogP contribution in [0.25, 0.3) is 0 Å². The maximum absolute atomic E-state index is 11.7. The summed E-state index contributed by atoms with van der Waals surface area (Å²) in [5.41, 5.74) is 4.36. The Morgan fingerprint density at radius 1 is 1.12 bits per heavy atom. The van der Waals surface area contributed by atoms with Crippen LogP contribution < -0.4 is 10.7 Å². The van der Waals surface area contributed by atoms with Gasteiger partial charge in [0, 0.05) is 18.5 Å². The van der Waals surface area contributed by atoms with E-state index in [0.717, 1.165) is 5.56 Å². The summed E-state index contributed by atoms with van der Waals surface area (Å²) in [4.78, 5) is 33.9. The quantitative estimate of drug-likeness (QED) is 0.495. The van der Waals surface area contributed by atoms with Gasteiger partial charge < -0.3 is 14.8 Å². The van der Waals surface area contributed by atoms with E-state index in [1.54, 1.807) is 37.3 Å². The number of anilines is 1. The number of carboxylic acid groups (broad SMARTS) is 1. The van der Waals surface area contributed by atoms with Gasteiger partial charge in [0.25, 0.3) is 0 Å². The zero-order valence-corrected chi connectivity index (χ0v) is 14.2. The van der Waals surface area contributed by atoms with Crippen molar-refractivity contribution in [2.75, 3.05) is 5.32 Å². The van der Waals surface area contributed by atoms with E-state index in [0.29, 0.717) is 17.8 Å². The van der Waals surface area contributed by atoms with Crippen molar-refractivity contribution in [1.29, 1.82) is 0 Å². The van der Waals surface area contributed by atoms with Gasteiger partial charge in [-0.2, -0.15) is 5.10 Å². The molecular formula is C18H19N3O5. The van der Waals surface area contributed by atoms with Crippen molar-refractivity contribution in [1.82, 2.24) is 5.43 Å². The summed E-state index contributed by atoms with van der Waals surface area (Å²) in [6.45, 7) is 1.74. The second-order valence-corrected chi connectivity index (χ2v) is 5.49. The van der Waals surface area contributed by atoms with E-state index < -0.39 is 11.9 Å². The highest BCUT2D eigenvalue weighted by Gasteiger charge is 2.08. The van der Waals surface area contributed by atoms with E-state index >= 15 is 0 Å². The van der Waals surface area contributed by atoms with Gasteiger partial charge in [0.15, 0.2) is 5.76 Å². The number of carboxylic acids is 1. The van der Waals surface area contributed by atoms with Crippen LogP contribution in [0.1, 0.15) is 42.3 Å². The van der Waals surface area contributed by atoms with Gasteiger partial charge in [-0.3, -0.25) is 14.4 Å². The van der Waals surface area contributed by atoms with Crippen molar-refractivity contribution in [3.05, 3.63) is 54.0 Å². The number of hydrogen-bond acceptors (Lipinski definition) is 5. The first kappa shape index (κ1) is 18.9. The molecule has 1 aromatic carbocycles. The van der Waals surface area contributed by atoms with Crippen LogP contribution in [-0.4, -0.2) is 28.6 Å². The van der Waals surface area contributed by atoms with E-state index in [1.807, 2.05) is 0 Å².